The topological polar surface area (TPSA) is 92.9 Å². The molecule has 0 aliphatic rings. The smallest absolute Gasteiger partial charge is 0.307 e. The summed E-state index contributed by atoms with van der Waals surface area (Å²) in [6.45, 7) is 4.15. The number of anilines is 1. The van der Waals surface area contributed by atoms with E-state index in [1.54, 1.807) is 37.3 Å². The first-order valence-electron chi connectivity index (χ1n) is 7.48. The fraction of sp³-hybridized carbons (Fsp3) is 0.235. The van der Waals surface area contributed by atoms with Gasteiger partial charge in [-0.3, -0.25) is 9.59 Å². The van der Waals surface area contributed by atoms with Crippen LogP contribution in [-0.4, -0.2) is 24.1 Å². The van der Waals surface area contributed by atoms with Crippen molar-refractivity contribution >= 4 is 23.2 Å². The van der Waals surface area contributed by atoms with E-state index in [9.17, 15) is 9.59 Å². The number of nitrogens with one attached hydrogen (secondary N) is 2. The van der Waals surface area contributed by atoms with Gasteiger partial charge in [-0.2, -0.15) is 5.10 Å². The maximum Gasteiger partial charge on any atom is 0.307 e. The lowest BCUT2D eigenvalue weighted by Crippen LogP contribution is -2.21. The van der Waals surface area contributed by atoms with Gasteiger partial charge in [-0.1, -0.05) is 0 Å². The molecule has 7 heteroatoms. The van der Waals surface area contributed by atoms with E-state index in [1.165, 1.54) is 12.3 Å². The highest BCUT2D eigenvalue weighted by atomic mass is 16.5. The van der Waals surface area contributed by atoms with Crippen molar-refractivity contribution in [1.29, 1.82) is 0 Å². The zero-order chi connectivity index (χ0) is 17.4. The van der Waals surface area contributed by atoms with Gasteiger partial charge in [-0.15, -0.1) is 0 Å². The Bertz CT molecular complexity index is 706. The fourth-order valence-corrected chi connectivity index (χ4v) is 1.89. The second kappa shape index (κ2) is 8.52. The lowest BCUT2D eigenvalue weighted by molar-refractivity contribution is -0.115. The average molecular weight is 329 g/mol. The Labute approximate surface area is 139 Å². The summed E-state index contributed by atoms with van der Waals surface area (Å²) in [6, 6.07) is 10.2. The summed E-state index contributed by atoms with van der Waals surface area (Å²) >= 11 is 0. The van der Waals surface area contributed by atoms with Crippen LogP contribution in [0.15, 0.2) is 52.2 Å². The highest BCUT2D eigenvalue weighted by molar-refractivity contribution is 6.06. The third-order valence-electron chi connectivity index (χ3n) is 2.96. The van der Waals surface area contributed by atoms with Crippen LogP contribution in [0.5, 0.6) is 5.75 Å². The Morgan fingerprint density at radius 2 is 1.96 bits per heavy atom. The van der Waals surface area contributed by atoms with Crippen LogP contribution in [0.3, 0.4) is 0 Å². The van der Waals surface area contributed by atoms with Gasteiger partial charge in [0.15, 0.2) is 5.76 Å². The van der Waals surface area contributed by atoms with Crippen molar-refractivity contribution in [2.45, 2.75) is 20.3 Å². The molecule has 0 aliphatic heterocycles. The van der Waals surface area contributed by atoms with Gasteiger partial charge in [0, 0.05) is 11.4 Å². The van der Waals surface area contributed by atoms with Crippen molar-refractivity contribution in [3.8, 4) is 5.75 Å². The molecule has 1 aromatic carbocycles. The molecule has 0 saturated carbocycles. The molecular formula is C17H19N3O4. The fourth-order valence-electron chi connectivity index (χ4n) is 1.89. The van der Waals surface area contributed by atoms with Crippen LogP contribution < -0.4 is 15.5 Å². The van der Waals surface area contributed by atoms with E-state index in [-0.39, 0.29) is 18.1 Å². The molecule has 0 atom stereocenters. The Morgan fingerprint density at radius 1 is 1.21 bits per heavy atom. The van der Waals surface area contributed by atoms with E-state index in [2.05, 4.69) is 15.8 Å². The summed E-state index contributed by atoms with van der Waals surface area (Å²) in [7, 11) is 0. The number of benzene rings is 1. The molecule has 1 aromatic heterocycles. The molecule has 2 aromatic rings. The minimum Gasteiger partial charge on any atom is -0.494 e. The summed E-state index contributed by atoms with van der Waals surface area (Å²) < 4.78 is 10.3. The van der Waals surface area contributed by atoms with Crippen molar-refractivity contribution in [1.82, 2.24) is 5.43 Å². The minimum atomic E-state index is -0.466. The van der Waals surface area contributed by atoms with Crippen molar-refractivity contribution < 1.29 is 18.7 Å². The zero-order valence-electron chi connectivity index (χ0n) is 13.5. The van der Waals surface area contributed by atoms with Crippen LogP contribution in [0, 0.1) is 0 Å². The molecule has 0 bridgehead atoms. The average Bonchev–Trinajstić information content (AvgIpc) is 3.09. The van der Waals surface area contributed by atoms with Gasteiger partial charge in [-0.25, -0.2) is 5.43 Å². The molecule has 0 fully saturated rings. The summed E-state index contributed by atoms with van der Waals surface area (Å²) in [6.07, 6.45) is 1.46. The van der Waals surface area contributed by atoms with E-state index in [0.29, 0.717) is 18.0 Å². The molecule has 24 heavy (non-hydrogen) atoms. The van der Waals surface area contributed by atoms with Gasteiger partial charge in [-0.05, 0) is 50.2 Å². The number of ether oxygens (including phenoxy) is 1. The molecular weight excluding hydrogens is 310 g/mol. The first-order valence-corrected chi connectivity index (χ1v) is 7.48. The van der Waals surface area contributed by atoms with E-state index in [4.69, 9.17) is 9.15 Å². The lowest BCUT2D eigenvalue weighted by Gasteiger charge is -2.07. The number of hydrogen-bond acceptors (Lipinski definition) is 5. The Balaban J connectivity index is 1.82. The second-order valence-electron chi connectivity index (χ2n) is 4.95. The standard InChI is InChI=1S/C17H19N3O4/c1-3-23-14-8-6-13(7-9-14)18-16(21)11-12(2)19-20-17(22)15-5-4-10-24-15/h4-10H,3,11H2,1-2H3,(H,18,21)(H,20,22)/b19-12-. The number of carbonyl (C=O) groups excluding carboxylic acids is 2. The number of hydrazone groups is 1. The Hall–Kier alpha value is -3.09. The van der Waals surface area contributed by atoms with Gasteiger partial charge in [0.2, 0.25) is 5.91 Å². The summed E-state index contributed by atoms with van der Waals surface area (Å²) in [5.41, 5.74) is 3.47. The summed E-state index contributed by atoms with van der Waals surface area (Å²) in [4.78, 5) is 23.6. The van der Waals surface area contributed by atoms with Crippen molar-refractivity contribution in [3.63, 3.8) is 0 Å². The summed E-state index contributed by atoms with van der Waals surface area (Å²) in [5, 5.41) is 6.63. The van der Waals surface area contributed by atoms with E-state index < -0.39 is 5.91 Å². The van der Waals surface area contributed by atoms with Crippen molar-refractivity contribution in [2.75, 3.05) is 11.9 Å². The quantitative estimate of drug-likeness (QED) is 0.603. The maximum absolute atomic E-state index is 12.0. The van der Waals surface area contributed by atoms with Gasteiger partial charge in [0.1, 0.15) is 5.75 Å². The number of amides is 2. The number of rotatable bonds is 7. The zero-order valence-corrected chi connectivity index (χ0v) is 13.5. The molecule has 126 valence electrons. The van der Waals surface area contributed by atoms with E-state index >= 15 is 0 Å². The van der Waals surface area contributed by atoms with Crippen LogP contribution in [0.25, 0.3) is 0 Å². The predicted molar refractivity (Wildman–Crippen MR) is 90.1 cm³/mol. The largest absolute Gasteiger partial charge is 0.494 e. The molecule has 0 saturated heterocycles. The van der Waals surface area contributed by atoms with Crippen LogP contribution in [0.4, 0.5) is 5.69 Å². The molecule has 0 spiro atoms. The molecule has 0 aliphatic carbocycles. The third kappa shape index (κ3) is 5.28. The normalized spacial score (nSPS) is 11.0. The summed E-state index contributed by atoms with van der Waals surface area (Å²) in [5.74, 6) is 0.207. The SMILES string of the molecule is CCOc1ccc(NC(=O)C/C(C)=N\NC(=O)c2ccco2)cc1. The molecule has 0 unspecified atom stereocenters. The Kier molecular flexibility index (Phi) is 6.13. The molecule has 0 radical (unpaired) electrons. The number of nitrogens with zero attached hydrogens (tertiary/aromatic N) is 1. The van der Waals surface area contributed by atoms with E-state index in [1.807, 2.05) is 6.92 Å². The molecule has 2 amide bonds. The molecule has 7 nitrogen and oxygen atoms in total. The first kappa shape index (κ1) is 17.3. The monoisotopic (exact) mass is 329 g/mol. The van der Waals surface area contributed by atoms with Crippen molar-refractivity contribution in [2.24, 2.45) is 5.10 Å². The minimum absolute atomic E-state index is 0.0612. The Morgan fingerprint density at radius 3 is 2.58 bits per heavy atom. The second-order valence-corrected chi connectivity index (χ2v) is 4.95. The van der Waals surface area contributed by atoms with Crippen LogP contribution >= 0.6 is 0 Å². The van der Waals surface area contributed by atoms with Gasteiger partial charge >= 0.3 is 5.91 Å². The van der Waals surface area contributed by atoms with Crippen LogP contribution in [0.2, 0.25) is 0 Å². The van der Waals surface area contributed by atoms with E-state index in [0.717, 1.165) is 5.75 Å². The first-order chi connectivity index (χ1) is 11.6. The molecule has 2 rings (SSSR count). The van der Waals surface area contributed by atoms with Crippen LogP contribution in [-0.2, 0) is 4.79 Å². The lowest BCUT2D eigenvalue weighted by atomic mass is 10.2. The molecule has 2 N–H and O–H groups in total. The third-order valence-corrected chi connectivity index (χ3v) is 2.96. The highest BCUT2D eigenvalue weighted by Gasteiger charge is 2.08. The van der Waals surface area contributed by atoms with Gasteiger partial charge in [0.05, 0.1) is 19.3 Å². The van der Waals surface area contributed by atoms with Crippen molar-refractivity contribution in [3.05, 3.63) is 48.4 Å². The number of hydrogen-bond donors (Lipinski definition) is 2. The van der Waals surface area contributed by atoms with Gasteiger partial charge < -0.3 is 14.5 Å². The van der Waals surface area contributed by atoms with Gasteiger partial charge in [0.25, 0.3) is 0 Å². The van der Waals surface area contributed by atoms with Crippen LogP contribution in [0.1, 0.15) is 30.8 Å². The highest BCUT2D eigenvalue weighted by Crippen LogP contribution is 2.15. The maximum atomic E-state index is 12.0. The predicted octanol–water partition coefficient (Wildman–Crippen LogP) is 2.81. The molecule has 1 heterocycles. The number of carbonyl (C=O) groups is 2. The number of furan rings is 1.